The van der Waals surface area contributed by atoms with E-state index in [1.165, 1.54) is 31.4 Å². The van der Waals surface area contributed by atoms with E-state index in [-0.39, 0.29) is 0 Å². The maximum atomic E-state index is 4.33. The van der Waals surface area contributed by atoms with Gasteiger partial charge in [-0.15, -0.1) is 0 Å². The van der Waals surface area contributed by atoms with Crippen LogP contribution in [-0.4, -0.2) is 11.0 Å². The second-order valence-electron chi connectivity index (χ2n) is 5.64. The lowest BCUT2D eigenvalue weighted by atomic mass is 9.79. The fraction of sp³-hybridized carbons (Fsp3) is 0.667. The van der Waals surface area contributed by atoms with E-state index in [9.17, 15) is 0 Å². The molecule has 1 aliphatic carbocycles. The highest BCUT2D eigenvalue weighted by Crippen LogP contribution is 2.31. The van der Waals surface area contributed by atoms with E-state index in [0.717, 1.165) is 17.5 Å². The first-order valence-corrected chi connectivity index (χ1v) is 6.85. The smallest absolute Gasteiger partial charge is 0.0603 e. The van der Waals surface area contributed by atoms with E-state index in [4.69, 9.17) is 0 Å². The number of pyridine rings is 1. The first-order chi connectivity index (χ1) is 8.16. The van der Waals surface area contributed by atoms with Gasteiger partial charge in [0.2, 0.25) is 0 Å². The zero-order chi connectivity index (χ0) is 12.3. The number of nitrogens with zero attached hydrogens (tertiary/aromatic N) is 1. The summed E-state index contributed by atoms with van der Waals surface area (Å²) >= 11 is 0. The van der Waals surface area contributed by atoms with E-state index in [1.807, 2.05) is 12.3 Å². The van der Waals surface area contributed by atoms with Crippen LogP contribution < -0.4 is 5.32 Å². The fourth-order valence-corrected chi connectivity index (χ4v) is 2.79. The zero-order valence-electron chi connectivity index (χ0n) is 11.2. The minimum Gasteiger partial charge on any atom is -0.381 e. The maximum Gasteiger partial charge on any atom is 0.0603 e. The van der Waals surface area contributed by atoms with Crippen molar-refractivity contribution >= 4 is 5.69 Å². The molecule has 0 aliphatic heterocycles. The summed E-state index contributed by atoms with van der Waals surface area (Å²) in [5.74, 6) is 1.78. The highest BCUT2D eigenvalue weighted by Gasteiger charge is 2.23. The van der Waals surface area contributed by atoms with Gasteiger partial charge in [0.1, 0.15) is 0 Å². The van der Waals surface area contributed by atoms with E-state index in [1.54, 1.807) is 0 Å². The van der Waals surface area contributed by atoms with Crippen LogP contribution in [0.2, 0.25) is 0 Å². The standard InChI is InChI=1S/C15H24N2/c1-11(2)13-6-8-14(9-7-13)17-15-5-4-10-16-12(15)3/h4-5,10-11,13-14,17H,6-9H2,1-3H3. The van der Waals surface area contributed by atoms with Crippen LogP contribution in [0, 0.1) is 18.8 Å². The van der Waals surface area contributed by atoms with Gasteiger partial charge in [-0.1, -0.05) is 13.8 Å². The number of aromatic nitrogens is 1. The minimum atomic E-state index is 0.646. The lowest BCUT2D eigenvalue weighted by Gasteiger charge is -2.32. The molecular formula is C15H24N2. The molecule has 0 spiro atoms. The topological polar surface area (TPSA) is 24.9 Å². The van der Waals surface area contributed by atoms with Crippen LogP contribution in [0.1, 0.15) is 45.2 Å². The van der Waals surface area contributed by atoms with Crippen LogP contribution in [0.4, 0.5) is 5.69 Å². The molecule has 1 heterocycles. The zero-order valence-corrected chi connectivity index (χ0v) is 11.2. The van der Waals surface area contributed by atoms with Gasteiger partial charge in [-0.2, -0.15) is 0 Å². The summed E-state index contributed by atoms with van der Waals surface area (Å²) in [4.78, 5) is 4.33. The third-order valence-corrected chi connectivity index (χ3v) is 4.08. The molecule has 1 aliphatic rings. The van der Waals surface area contributed by atoms with Crippen LogP contribution in [0.25, 0.3) is 0 Å². The Balaban J connectivity index is 1.88. The van der Waals surface area contributed by atoms with Crippen molar-refractivity contribution < 1.29 is 0 Å². The molecule has 1 fully saturated rings. The molecule has 0 bridgehead atoms. The second-order valence-corrected chi connectivity index (χ2v) is 5.64. The summed E-state index contributed by atoms with van der Waals surface area (Å²) in [7, 11) is 0. The van der Waals surface area contributed by atoms with Crippen LogP contribution in [0.5, 0.6) is 0 Å². The second kappa shape index (κ2) is 5.52. The molecule has 0 unspecified atom stereocenters. The molecular weight excluding hydrogens is 208 g/mol. The predicted octanol–water partition coefficient (Wildman–Crippen LogP) is 4.02. The highest BCUT2D eigenvalue weighted by atomic mass is 14.9. The minimum absolute atomic E-state index is 0.646. The molecule has 0 amide bonds. The number of anilines is 1. The molecule has 2 rings (SSSR count). The number of aryl methyl sites for hydroxylation is 1. The summed E-state index contributed by atoms with van der Waals surface area (Å²) in [5, 5.41) is 3.65. The van der Waals surface area contributed by atoms with Gasteiger partial charge < -0.3 is 5.32 Å². The van der Waals surface area contributed by atoms with Crippen molar-refractivity contribution in [2.75, 3.05) is 5.32 Å². The van der Waals surface area contributed by atoms with Crippen molar-refractivity contribution in [2.24, 2.45) is 11.8 Å². The van der Waals surface area contributed by atoms with Crippen LogP contribution in [0.15, 0.2) is 18.3 Å². The first-order valence-electron chi connectivity index (χ1n) is 6.85. The molecule has 94 valence electrons. The Hall–Kier alpha value is -1.05. The Morgan fingerprint density at radius 2 is 1.94 bits per heavy atom. The van der Waals surface area contributed by atoms with E-state index in [0.29, 0.717) is 6.04 Å². The number of hydrogen-bond donors (Lipinski definition) is 1. The predicted molar refractivity (Wildman–Crippen MR) is 73.2 cm³/mol. The van der Waals surface area contributed by atoms with Crippen molar-refractivity contribution in [1.29, 1.82) is 0 Å². The summed E-state index contributed by atoms with van der Waals surface area (Å²) < 4.78 is 0. The maximum absolute atomic E-state index is 4.33. The third-order valence-electron chi connectivity index (χ3n) is 4.08. The Bertz CT molecular complexity index is 352. The molecule has 0 radical (unpaired) electrons. The number of nitrogens with one attached hydrogen (secondary N) is 1. The van der Waals surface area contributed by atoms with E-state index < -0.39 is 0 Å². The summed E-state index contributed by atoms with van der Waals surface area (Å²) in [6, 6.07) is 4.79. The molecule has 17 heavy (non-hydrogen) atoms. The summed E-state index contributed by atoms with van der Waals surface area (Å²) in [6.45, 7) is 6.77. The van der Waals surface area contributed by atoms with E-state index in [2.05, 4.69) is 37.1 Å². The van der Waals surface area contributed by atoms with Crippen molar-refractivity contribution in [2.45, 2.75) is 52.5 Å². The van der Waals surface area contributed by atoms with Gasteiger partial charge in [-0.25, -0.2) is 0 Å². The Kier molecular flexibility index (Phi) is 4.03. The molecule has 2 heteroatoms. The van der Waals surface area contributed by atoms with Gasteiger partial charge in [0.05, 0.1) is 11.4 Å². The van der Waals surface area contributed by atoms with Crippen molar-refractivity contribution in [1.82, 2.24) is 4.98 Å². The van der Waals surface area contributed by atoms with Gasteiger partial charge in [0.15, 0.2) is 0 Å². The lowest BCUT2D eigenvalue weighted by molar-refractivity contribution is 0.267. The molecule has 1 N–H and O–H groups in total. The van der Waals surface area contributed by atoms with Gasteiger partial charge in [0, 0.05) is 12.2 Å². The molecule has 0 aromatic carbocycles. The van der Waals surface area contributed by atoms with Gasteiger partial charge in [0.25, 0.3) is 0 Å². The van der Waals surface area contributed by atoms with Crippen LogP contribution >= 0.6 is 0 Å². The van der Waals surface area contributed by atoms with Crippen LogP contribution in [0.3, 0.4) is 0 Å². The highest BCUT2D eigenvalue weighted by molar-refractivity contribution is 5.47. The molecule has 1 saturated carbocycles. The molecule has 1 aromatic heterocycles. The largest absolute Gasteiger partial charge is 0.381 e. The molecule has 0 saturated heterocycles. The number of hydrogen-bond acceptors (Lipinski definition) is 2. The van der Waals surface area contributed by atoms with E-state index >= 15 is 0 Å². The van der Waals surface area contributed by atoms with Crippen molar-refractivity contribution in [3.63, 3.8) is 0 Å². The Morgan fingerprint density at radius 1 is 1.24 bits per heavy atom. The van der Waals surface area contributed by atoms with Crippen LogP contribution in [-0.2, 0) is 0 Å². The third kappa shape index (κ3) is 3.21. The monoisotopic (exact) mass is 232 g/mol. The summed E-state index contributed by atoms with van der Waals surface area (Å²) in [6.07, 6.45) is 7.20. The average Bonchev–Trinajstić information content (AvgIpc) is 2.33. The lowest BCUT2D eigenvalue weighted by Crippen LogP contribution is -2.28. The Labute approximate surface area is 105 Å². The van der Waals surface area contributed by atoms with Crippen molar-refractivity contribution in [3.8, 4) is 0 Å². The molecule has 2 nitrogen and oxygen atoms in total. The Morgan fingerprint density at radius 3 is 2.53 bits per heavy atom. The van der Waals surface area contributed by atoms with Crippen molar-refractivity contribution in [3.05, 3.63) is 24.0 Å². The van der Waals surface area contributed by atoms with Gasteiger partial charge in [-0.3, -0.25) is 4.98 Å². The quantitative estimate of drug-likeness (QED) is 0.851. The van der Waals surface area contributed by atoms with Gasteiger partial charge >= 0.3 is 0 Å². The number of rotatable bonds is 3. The fourth-order valence-electron chi connectivity index (χ4n) is 2.79. The summed E-state index contributed by atoms with van der Waals surface area (Å²) in [5.41, 5.74) is 2.32. The first kappa shape index (κ1) is 12.4. The van der Waals surface area contributed by atoms with Gasteiger partial charge in [-0.05, 0) is 56.6 Å². The average molecular weight is 232 g/mol. The molecule has 0 atom stereocenters. The normalized spacial score (nSPS) is 24.9. The SMILES string of the molecule is Cc1ncccc1NC1CCC(C(C)C)CC1. The molecule has 1 aromatic rings.